The smallest absolute Gasteiger partial charge is 0.158 e. The lowest BCUT2D eigenvalue weighted by Crippen LogP contribution is -1.86. The maximum atomic E-state index is 4.16. The summed E-state index contributed by atoms with van der Waals surface area (Å²) in [7, 11) is 1.86. The van der Waals surface area contributed by atoms with Gasteiger partial charge in [0.05, 0.1) is 5.69 Å². The average Bonchev–Trinajstić information content (AvgIpc) is 2.47. The minimum atomic E-state index is 0.817. The second-order valence-corrected chi connectivity index (χ2v) is 2.21. The third-order valence-corrected chi connectivity index (χ3v) is 1.58. The van der Waals surface area contributed by atoms with Crippen LogP contribution in [0.2, 0.25) is 0 Å². The van der Waals surface area contributed by atoms with Gasteiger partial charge in [0.15, 0.2) is 5.65 Å². The Morgan fingerprint density at radius 3 is 3.00 bits per heavy atom. The number of nitrogens with zero attached hydrogens (tertiary/aromatic N) is 2. The van der Waals surface area contributed by atoms with Gasteiger partial charge in [-0.15, -0.1) is 0 Å². The number of fused-ring (bicyclic) bond motifs is 1. The van der Waals surface area contributed by atoms with Crippen molar-refractivity contribution in [1.29, 1.82) is 0 Å². The van der Waals surface area contributed by atoms with Crippen LogP contribution in [0.3, 0.4) is 0 Å². The van der Waals surface area contributed by atoms with E-state index < -0.39 is 0 Å². The highest BCUT2D eigenvalue weighted by Crippen LogP contribution is 2.16. The van der Waals surface area contributed by atoms with Gasteiger partial charge in [0, 0.05) is 25.6 Å². The zero-order valence-electron chi connectivity index (χ0n) is 6.13. The van der Waals surface area contributed by atoms with Gasteiger partial charge in [-0.25, -0.2) is 9.97 Å². The first-order valence-electron chi connectivity index (χ1n) is 3.37. The van der Waals surface area contributed by atoms with Gasteiger partial charge >= 0.3 is 0 Å². The van der Waals surface area contributed by atoms with E-state index in [4.69, 9.17) is 0 Å². The fraction of sp³-hybridized carbons (Fsp3) is 0.143. The predicted molar refractivity (Wildman–Crippen MR) is 43.4 cm³/mol. The lowest BCUT2D eigenvalue weighted by molar-refractivity contribution is 1.26. The number of hydrogen-bond donors (Lipinski definition) is 2. The molecule has 2 N–H and O–H groups in total. The van der Waals surface area contributed by atoms with E-state index in [2.05, 4.69) is 20.3 Å². The summed E-state index contributed by atoms with van der Waals surface area (Å²) < 4.78 is 0. The highest BCUT2D eigenvalue weighted by atomic mass is 15.0. The molecule has 0 unspecified atom stereocenters. The standard InChI is InChI=1S/C7H8N4/c1-8-5-4-11-7-6(5)9-2-3-10-7/h2-4,8H,1H3,(H,10,11). The van der Waals surface area contributed by atoms with Crippen molar-refractivity contribution in [3.63, 3.8) is 0 Å². The van der Waals surface area contributed by atoms with Gasteiger partial charge in [-0.2, -0.15) is 0 Å². The summed E-state index contributed by atoms with van der Waals surface area (Å²) in [5, 5.41) is 3.02. The van der Waals surface area contributed by atoms with Crippen molar-refractivity contribution < 1.29 is 0 Å². The van der Waals surface area contributed by atoms with E-state index in [-0.39, 0.29) is 0 Å². The third kappa shape index (κ3) is 0.832. The molecule has 0 fully saturated rings. The monoisotopic (exact) mass is 148 g/mol. The van der Waals surface area contributed by atoms with Crippen molar-refractivity contribution in [2.75, 3.05) is 12.4 Å². The van der Waals surface area contributed by atoms with Gasteiger partial charge in [0.1, 0.15) is 5.52 Å². The van der Waals surface area contributed by atoms with Crippen LogP contribution in [0.25, 0.3) is 11.2 Å². The van der Waals surface area contributed by atoms with Gasteiger partial charge in [0.25, 0.3) is 0 Å². The Hall–Kier alpha value is -1.58. The molecule has 0 saturated heterocycles. The van der Waals surface area contributed by atoms with Crippen LogP contribution in [-0.4, -0.2) is 22.0 Å². The quantitative estimate of drug-likeness (QED) is 0.634. The molecule has 2 heterocycles. The summed E-state index contributed by atoms with van der Waals surface area (Å²) in [4.78, 5) is 11.3. The zero-order valence-corrected chi connectivity index (χ0v) is 6.13. The molecule has 0 saturated carbocycles. The molecule has 0 amide bonds. The van der Waals surface area contributed by atoms with E-state index >= 15 is 0 Å². The van der Waals surface area contributed by atoms with Crippen molar-refractivity contribution in [2.45, 2.75) is 0 Å². The molecule has 2 aromatic rings. The number of anilines is 1. The molecule has 2 rings (SSSR count). The molecule has 0 radical (unpaired) electrons. The number of hydrogen-bond acceptors (Lipinski definition) is 3. The first-order chi connectivity index (χ1) is 5.42. The Labute approximate surface area is 63.7 Å². The minimum absolute atomic E-state index is 0.817. The Morgan fingerprint density at radius 2 is 2.18 bits per heavy atom. The normalized spacial score (nSPS) is 10.3. The first-order valence-corrected chi connectivity index (χ1v) is 3.37. The van der Waals surface area contributed by atoms with Gasteiger partial charge < -0.3 is 10.3 Å². The largest absolute Gasteiger partial charge is 0.385 e. The summed E-state index contributed by atoms with van der Waals surface area (Å²) in [5.74, 6) is 0. The second kappa shape index (κ2) is 2.23. The molecule has 0 bridgehead atoms. The van der Waals surface area contributed by atoms with Crippen LogP contribution < -0.4 is 5.32 Å². The van der Waals surface area contributed by atoms with Gasteiger partial charge in [-0.05, 0) is 0 Å². The van der Waals surface area contributed by atoms with Crippen molar-refractivity contribution in [3.05, 3.63) is 18.6 Å². The molecular weight excluding hydrogens is 140 g/mol. The van der Waals surface area contributed by atoms with E-state index in [1.807, 2.05) is 13.2 Å². The number of aromatic amines is 1. The Bertz CT molecular complexity index is 365. The summed E-state index contributed by atoms with van der Waals surface area (Å²) >= 11 is 0. The third-order valence-electron chi connectivity index (χ3n) is 1.58. The Balaban J connectivity index is 2.76. The van der Waals surface area contributed by atoms with E-state index in [0.29, 0.717) is 0 Å². The summed E-state index contributed by atoms with van der Waals surface area (Å²) in [5.41, 5.74) is 2.68. The predicted octanol–water partition coefficient (Wildman–Crippen LogP) is 1.000. The van der Waals surface area contributed by atoms with Crippen LogP contribution in [0.4, 0.5) is 5.69 Å². The lowest BCUT2D eigenvalue weighted by atomic mass is 10.4. The molecule has 0 spiro atoms. The van der Waals surface area contributed by atoms with E-state index in [0.717, 1.165) is 16.9 Å². The maximum absolute atomic E-state index is 4.16. The van der Waals surface area contributed by atoms with Crippen LogP contribution in [0.15, 0.2) is 18.6 Å². The van der Waals surface area contributed by atoms with E-state index in [1.54, 1.807) is 12.4 Å². The molecule has 56 valence electrons. The van der Waals surface area contributed by atoms with Gasteiger partial charge in [0.2, 0.25) is 0 Å². The van der Waals surface area contributed by atoms with E-state index in [1.165, 1.54) is 0 Å². The molecular formula is C7H8N4. The SMILES string of the molecule is CNc1c[nH]c2nccnc12. The maximum Gasteiger partial charge on any atom is 0.158 e. The van der Waals surface area contributed by atoms with Crippen molar-refractivity contribution >= 4 is 16.9 Å². The van der Waals surface area contributed by atoms with Crippen molar-refractivity contribution in [1.82, 2.24) is 15.0 Å². The van der Waals surface area contributed by atoms with Gasteiger partial charge in [-0.3, -0.25) is 0 Å². The second-order valence-electron chi connectivity index (χ2n) is 2.21. The first kappa shape index (κ1) is 6.15. The number of H-pyrrole nitrogens is 1. The average molecular weight is 148 g/mol. The minimum Gasteiger partial charge on any atom is -0.385 e. The summed E-state index contributed by atoms with van der Waals surface area (Å²) in [6.07, 6.45) is 5.19. The number of nitrogens with one attached hydrogen (secondary N) is 2. The number of rotatable bonds is 1. The van der Waals surface area contributed by atoms with Crippen LogP contribution in [0.1, 0.15) is 0 Å². The molecule has 4 nitrogen and oxygen atoms in total. The van der Waals surface area contributed by atoms with Crippen molar-refractivity contribution in [2.24, 2.45) is 0 Å². The van der Waals surface area contributed by atoms with Crippen LogP contribution >= 0.6 is 0 Å². The highest BCUT2D eigenvalue weighted by molar-refractivity contribution is 5.85. The summed E-state index contributed by atoms with van der Waals surface area (Å²) in [6.45, 7) is 0. The lowest BCUT2D eigenvalue weighted by Gasteiger charge is -1.92. The molecule has 11 heavy (non-hydrogen) atoms. The van der Waals surface area contributed by atoms with Crippen LogP contribution in [0, 0.1) is 0 Å². The Kier molecular flexibility index (Phi) is 1.25. The topological polar surface area (TPSA) is 53.6 Å². The fourth-order valence-electron chi connectivity index (χ4n) is 1.04. The zero-order chi connectivity index (χ0) is 7.68. The van der Waals surface area contributed by atoms with Gasteiger partial charge in [-0.1, -0.05) is 0 Å². The molecule has 0 aromatic carbocycles. The molecule has 0 aliphatic rings. The summed E-state index contributed by atoms with van der Waals surface area (Å²) in [6, 6.07) is 0. The van der Waals surface area contributed by atoms with E-state index in [9.17, 15) is 0 Å². The molecule has 0 aliphatic carbocycles. The molecule has 0 aliphatic heterocycles. The molecule has 2 aromatic heterocycles. The molecule has 0 atom stereocenters. The highest BCUT2D eigenvalue weighted by Gasteiger charge is 2.01. The fourth-order valence-corrected chi connectivity index (χ4v) is 1.04. The number of aromatic nitrogens is 3. The van der Waals surface area contributed by atoms with Crippen molar-refractivity contribution in [3.8, 4) is 0 Å². The van der Waals surface area contributed by atoms with Crippen LogP contribution in [-0.2, 0) is 0 Å². The molecule has 4 heteroatoms. The Morgan fingerprint density at radius 1 is 1.36 bits per heavy atom. The van der Waals surface area contributed by atoms with Crippen LogP contribution in [0.5, 0.6) is 0 Å².